The normalized spacial score (nSPS) is 21.2. The first-order chi connectivity index (χ1) is 8.74. The van der Waals surface area contributed by atoms with Crippen molar-refractivity contribution < 1.29 is 4.79 Å². The third-order valence-corrected chi connectivity index (χ3v) is 4.43. The summed E-state index contributed by atoms with van der Waals surface area (Å²) in [6, 6.07) is 7.85. The number of thioether (sulfide) groups is 1. The summed E-state index contributed by atoms with van der Waals surface area (Å²) in [5, 5.41) is 0.856. The second-order valence-corrected chi connectivity index (χ2v) is 6.11. The van der Waals surface area contributed by atoms with E-state index in [2.05, 4.69) is 20.9 Å². The minimum absolute atomic E-state index is 0.0279. The van der Waals surface area contributed by atoms with Crippen LogP contribution in [0.2, 0.25) is 0 Å². The predicted octanol–water partition coefficient (Wildman–Crippen LogP) is 3.13. The van der Waals surface area contributed by atoms with E-state index in [1.807, 2.05) is 30.3 Å². The molecule has 1 aromatic carbocycles. The van der Waals surface area contributed by atoms with Crippen LogP contribution in [0.25, 0.3) is 6.08 Å². The lowest BCUT2D eigenvalue weighted by molar-refractivity contribution is -0.122. The van der Waals surface area contributed by atoms with Gasteiger partial charge in [0.1, 0.15) is 5.70 Å². The Morgan fingerprint density at radius 2 is 2.11 bits per heavy atom. The fourth-order valence-electron chi connectivity index (χ4n) is 1.94. The monoisotopic (exact) mass is 322 g/mol. The number of carbonyl (C=O) groups excluding carboxylic acids is 1. The van der Waals surface area contributed by atoms with Crippen LogP contribution in [0.3, 0.4) is 0 Å². The Labute approximate surface area is 118 Å². The van der Waals surface area contributed by atoms with Crippen molar-refractivity contribution in [2.45, 2.75) is 6.42 Å². The van der Waals surface area contributed by atoms with Crippen LogP contribution in [0.1, 0.15) is 12.0 Å². The zero-order valence-electron chi connectivity index (χ0n) is 9.60. The molecule has 0 aromatic heterocycles. The number of aliphatic imine (C=N–C) groups is 1. The maximum Gasteiger partial charge on any atom is 0.278 e. The van der Waals surface area contributed by atoms with Crippen molar-refractivity contribution in [2.24, 2.45) is 4.99 Å². The molecule has 0 N–H and O–H groups in total. The van der Waals surface area contributed by atoms with E-state index in [4.69, 9.17) is 0 Å². The smallest absolute Gasteiger partial charge is 0.278 e. The van der Waals surface area contributed by atoms with Gasteiger partial charge in [0.25, 0.3) is 5.91 Å². The summed E-state index contributed by atoms with van der Waals surface area (Å²) in [5.41, 5.74) is 1.54. The molecule has 2 aliphatic heterocycles. The van der Waals surface area contributed by atoms with Gasteiger partial charge in [-0.2, -0.15) is 0 Å². The standard InChI is InChI=1S/C13H11BrN2OS/c14-10-4-2-9(3-5-10)8-11-12(17)16-6-1-7-18-13(16)15-11/h2-5,8H,1,6-7H2/b11-8-. The summed E-state index contributed by atoms with van der Waals surface area (Å²) in [6.07, 6.45) is 2.89. The lowest BCUT2D eigenvalue weighted by atomic mass is 10.2. The summed E-state index contributed by atoms with van der Waals surface area (Å²) in [7, 11) is 0. The molecule has 2 aliphatic rings. The van der Waals surface area contributed by atoms with Crippen LogP contribution in [0.5, 0.6) is 0 Å². The zero-order valence-corrected chi connectivity index (χ0v) is 12.0. The molecule has 0 unspecified atom stereocenters. The number of hydrogen-bond acceptors (Lipinski definition) is 3. The zero-order chi connectivity index (χ0) is 12.5. The van der Waals surface area contributed by atoms with Crippen molar-refractivity contribution in [3.8, 4) is 0 Å². The first-order valence-corrected chi connectivity index (χ1v) is 7.52. The number of rotatable bonds is 1. The van der Waals surface area contributed by atoms with Crippen LogP contribution in [0.15, 0.2) is 39.4 Å². The van der Waals surface area contributed by atoms with Crippen molar-refractivity contribution >= 4 is 44.8 Å². The molecule has 2 heterocycles. The van der Waals surface area contributed by atoms with Gasteiger partial charge in [-0.3, -0.25) is 9.69 Å². The van der Waals surface area contributed by atoms with E-state index < -0.39 is 0 Å². The van der Waals surface area contributed by atoms with E-state index in [-0.39, 0.29) is 5.91 Å². The maximum atomic E-state index is 12.1. The molecular weight excluding hydrogens is 312 g/mol. The average molecular weight is 323 g/mol. The van der Waals surface area contributed by atoms with Crippen molar-refractivity contribution in [3.05, 3.63) is 40.0 Å². The Morgan fingerprint density at radius 1 is 1.33 bits per heavy atom. The first-order valence-electron chi connectivity index (χ1n) is 5.75. The van der Waals surface area contributed by atoms with Gasteiger partial charge >= 0.3 is 0 Å². The number of amidine groups is 1. The van der Waals surface area contributed by atoms with Crippen molar-refractivity contribution in [2.75, 3.05) is 12.3 Å². The van der Waals surface area contributed by atoms with Gasteiger partial charge < -0.3 is 0 Å². The van der Waals surface area contributed by atoms with E-state index in [0.717, 1.165) is 33.9 Å². The summed E-state index contributed by atoms with van der Waals surface area (Å²) in [4.78, 5) is 18.3. The molecule has 0 saturated carbocycles. The van der Waals surface area contributed by atoms with Crippen molar-refractivity contribution in [3.63, 3.8) is 0 Å². The summed E-state index contributed by atoms with van der Waals surface area (Å²) in [5.74, 6) is 1.08. The van der Waals surface area contributed by atoms with E-state index in [1.54, 1.807) is 16.7 Å². The van der Waals surface area contributed by atoms with E-state index in [1.165, 1.54) is 0 Å². The summed E-state index contributed by atoms with van der Waals surface area (Å²) >= 11 is 5.05. The first kappa shape index (κ1) is 12.0. The number of carbonyl (C=O) groups is 1. The highest BCUT2D eigenvalue weighted by Crippen LogP contribution is 2.27. The number of halogens is 1. The summed E-state index contributed by atoms with van der Waals surface area (Å²) < 4.78 is 1.03. The molecule has 0 radical (unpaired) electrons. The van der Waals surface area contributed by atoms with Gasteiger partial charge in [-0.1, -0.05) is 39.8 Å². The molecule has 1 aromatic rings. The molecule has 0 atom stereocenters. The van der Waals surface area contributed by atoms with E-state index in [0.29, 0.717) is 5.70 Å². The van der Waals surface area contributed by atoms with Gasteiger partial charge in [-0.25, -0.2) is 4.99 Å². The van der Waals surface area contributed by atoms with Crippen molar-refractivity contribution in [1.82, 2.24) is 4.90 Å². The molecule has 1 saturated heterocycles. The van der Waals surface area contributed by atoms with Crippen LogP contribution in [0, 0.1) is 0 Å². The molecular formula is C13H11BrN2OS. The third-order valence-electron chi connectivity index (χ3n) is 2.84. The van der Waals surface area contributed by atoms with Crippen LogP contribution < -0.4 is 0 Å². The number of nitrogens with zero attached hydrogens (tertiary/aromatic N) is 2. The highest BCUT2D eigenvalue weighted by Gasteiger charge is 2.32. The molecule has 0 aliphatic carbocycles. The third kappa shape index (κ3) is 2.24. The second kappa shape index (κ2) is 4.90. The predicted molar refractivity (Wildman–Crippen MR) is 78.3 cm³/mol. The minimum Gasteiger partial charge on any atom is -0.286 e. The number of benzene rings is 1. The Bertz CT molecular complexity index is 551. The Morgan fingerprint density at radius 3 is 2.83 bits per heavy atom. The van der Waals surface area contributed by atoms with Gasteiger partial charge in [0.05, 0.1) is 0 Å². The highest BCUT2D eigenvalue weighted by atomic mass is 79.9. The van der Waals surface area contributed by atoms with Crippen LogP contribution >= 0.6 is 27.7 Å². The number of fused-ring (bicyclic) bond motifs is 1. The van der Waals surface area contributed by atoms with E-state index >= 15 is 0 Å². The molecule has 0 bridgehead atoms. The average Bonchev–Trinajstić information content (AvgIpc) is 2.70. The van der Waals surface area contributed by atoms with Gasteiger partial charge in [0, 0.05) is 16.8 Å². The lowest BCUT2D eigenvalue weighted by Gasteiger charge is -2.21. The SMILES string of the molecule is O=C1/C(=C/c2ccc(Br)cc2)N=C2SCCCN12. The molecule has 3 nitrogen and oxygen atoms in total. The Kier molecular flexibility index (Phi) is 3.26. The fourth-order valence-corrected chi connectivity index (χ4v) is 3.15. The van der Waals surface area contributed by atoms with Gasteiger partial charge in [-0.15, -0.1) is 0 Å². The number of amides is 1. The highest BCUT2D eigenvalue weighted by molar-refractivity contribution is 9.10. The molecule has 0 spiro atoms. The molecule has 18 heavy (non-hydrogen) atoms. The molecule has 5 heteroatoms. The van der Waals surface area contributed by atoms with Crippen molar-refractivity contribution in [1.29, 1.82) is 0 Å². The van der Waals surface area contributed by atoms with Crippen LogP contribution in [-0.2, 0) is 4.79 Å². The van der Waals surface area contributed by atoms with Gasteiger partial charge in [0.15, 0.2) is 5.17 Å². The maximum absolute atomic E-state index is 12.1. The summed E-state index contributed by atoms with van der Waals surface area (Å²) in [6.45, 7) is 0.794. The topological polar surface area (TPSA) is 32.7 Å². The Balaban J connectivity index is 1.90. The largest absolute Gasteiger partial charge is 0.286 e. The molecule has 1 fully saturated rings. The second-order valence-electron chi connectivity index (χ2n) is 4.13. The fraction of sp³-hybridized carbons (Fsp3) is 0.231. The van der Waals surface area contributed by atoms with Crippen LogP contribution in [0.4, 0.5) is 0 Å². The lowest BCUT2D eigenvalue weighted by Crippen LogP contribution is -2.34. The number of hydrogen-bond donors (Lipinski definition) is 0. The molecule has 3 rings (SSSR count). The molecule has 1 amide bonds. The quantitative estimate of drug-likeness (QED) is 0.744. The van der Waals surface area contributed by atoms with Gasteiger partial charge in [0.2, 0.25) is 0 Å². The Hall–Kier alpha value is -1.07. The van der Waals surface area contributed by atoms with Crippen LogP contribution in [-0.4, -0.2) is 28.3 Å². The minimum atomic E-state index is 0.0279. The van der Waals surface area contributed by atoms with E-state index in [9.17, 15) is 4.79 Å². The molecule has 92 valence electrons. The van der Waals surface area contributed by atoms with Gasteiger partial charge in [-0.05, 0) is 30.2 Å².